The van der Waals surface area contributed by atoms with Crippen molar-refractivity contribution in [2.75, 3.05) is 51.3 Å². The van der Waals surface area contributed by atoms with E-state index < -0.39 is 17.8 Å². The molecule has 1 aliphatic heterocycles. The number of anilines is 1. The van der Waals surface area contributed by atoms with Crippen molar-refractivity contribution in [2.45, 2.75) is 19.3 Å². The van der Waals surface area contributed by atoms with Crippen LogP contribution in [0, 0.1) is 0 Å². The minimum Gasteiger partial charge on any atom is -0.467 e. The topological polar surface area (TPSA) is 78.3 Å². The molecule has 0 bridgehead atoms. The predicted molar refractivity (Wildman–Crippen MR) is 139 cm³/mol. The lowest BCUT2D eigenvalue weighted by Crippen LogP contribution is -2.48. The summed E-state index contributed by atoms with van der Waals surface area (Å²) in [5.41, 5.74) is -0.433. The zero-order valence-corrected chi connectivity index (χ0v) is 21.4. The number of halogens is 3. The number of para-hydroxylation sites is 1. The van der Waals surface area contributed by atoms with E-state index >= 15 is 0 Å². The average Bonchev–Trinajstić information content (AvgIpc) is 3.44. The summed E-state index contributed by atoms with van der Waals surface area (Å²) in [6.45, 7) is 3.16. The number of nitrogens with one attached hydrogen (secondary N) is 1. The fraction of sp³-hybridized carbons (Fsp3) is 0.357. The monoisotopic (exact) mass is 544 g/mol. The number of carbonyl (C=O) groups excluding carboxylic acids is 2. The summed E-state index contributed by atoms with van der Waals surface area (Å²) in [5.74, 6) is 0.208. The van der Waals surface area contributed by atoms with Crippen LogP contribution in [0.15, 0.2) is 77.4 Å². The van der Waals surface area contributed by atoms with Gasteiger partial charge in [-0.15, -0.1) is 0 Å². The van der Waals surface area contributed by atoms with Crippen LogP contribution in [0.4, 0.5) is 23.7 Å². The van der Waals surface area contributed by atoms with Gasteiger partial charge in [-0.2, -0.15) is 13.2 Å². The van der Waals surface area contributed by atoms with E-state index in [0.29, 0.717) is 38.6 Å². The molecule has 2 aromatic carbocycles. The molecule has 4 rings (SSSR count). The molecule has 39 heavy (non-hydrogen) atoms. The zero-order chi connectivity index (χ0) is 27.7. The molecular weight excluding hydrogens is 513 g/mol. The molecule has 0 atom stereocenters. The summed E-state index contributed by atoms with van der Waals surface area (Å²) in [6, 6.07) is 16.8. The Bertz CT molecular complexity index is 1200. The van der Waals surface area contributed by atoms with Gasteiger partial charge in [-0.1, -0.05) is 42.5 Å². The smallest absolute Gasteiger partial charge is 0.418 e. The summed E-state index contributed by atoms with van der Waals surface area (Å²) in [5, 5.41) is 2.38. The van der Waals surface area contributed by atoms with E-state index in [4.69, 9.17) is 9.15 Å². The third kappa shape index (κ3) is 8.33. The summed E-state index contributed by atoms with van der Waals surface area (Å²) >= 11 is 0. The number of hydrogen-bond acceptors (Lipinski definition) is 5. The SMILES string of the molecule is O=C(CN(CCN1CCOCC1)C(=O)Nc1ccccc1C(F)(F)F)N(Cc1ccccc1)Cc1ccco1. The van der Waals surface area contributed by atoms with E-state index in [2.05, 4.69) is 10.2 Å². The van der Waals surface area contributed by atoms with Crippen molar-refractivity contribution in [2.24, 2.45) is 0 Å². The van der Waals surface area contributed by atoms with Gasteiger partial charge in [-0.3, -0.25) is 9.69 Å². The first-order valence-electron chi connectivity index (χ1n) is 12.7. The standard InChI is InChI=1S/C28H31F3N4O4/c29-28(30,31)24-10-4-5-11-25(24)32-27(37)34(13-12-33-14-17-38-18-15-33)21-26(36)35(20-23-9-6-16-39-23)19-22-7-2-1-3-8-22/h1-11,16H,12-15,17-21H2,(H,32,37). The third-order valence-corrected chi connectivity index (χ3v) is 6.37. The molecule has 1 fully saturated rings. The molecule has 0 unspecified atom stereocenters. The number of alkyl halides is 3. The van der Waals surface area contributed by atoms with Crippen LogP contribution in [0.2, 0.25) is 0 Å². The first kappa shape index (κ1) is 28.2. The minimum atomic E-state index is -4.64. The quantitative estimate of drug-likeness (QED) is 0.401. The summed E-state index contributed by atoms with van der Waals surface area (Å²) in [4.78, 5) is 31.8. The molecule has 3 amide bonds. The maximum Gasteiger partial charge on any atom is 0.418 e. The van der Waals surface area contributed by atoms with Crippen LogP contribution in [0.1, 0.15) is 16.9 Å². The lowest BCUT2D eigenvalue weighted by atomic mass is 10.1. The summed E-state index contributed by atoms with van der Waals surface area (Å²) in [6.07, 6.45) is -3.13. The second-order valence-electron chi connectivity index (χ2n) is 9.16. The Morgan fingerprint density at radius 1 is 0.897 bits per heavy atom. The number of carbonyl (C=O) groups is 2. The molecule has 0 saturated carbocycles. The number of urea groups is 1. The summed E-state index contributed by atoms with van der Waals surface area (Å²) < 4.78 is 51.4. The van der Waals surface area contributed by atoms with Gasteiger partial charge in [0.25, 0.3) is 0 Å². The number of rotatable bonds is 10. The van der Waals surface area contributed by atoms with Crippen molar-refractivity contribution >= 4 is 17.6 Å². The molecule has 1 aromatic heterocycles. The van der Waals surface area contributed by atoms with Crippen molar-refractivity contribution in [3.8, 4) is 0 Å². The maximum absolute atomic E-state index is 13.6. The highest BCUT2D eigenvalue weighted by molar-refractivity contribution is 5.93. The van der Waals surface area contributed by atoms with Crippen LogP contribution in [-0.4, -0.2) is 72.6 Å². The van der Waals surface area contributed by atoms with Crippen LogP contribution in [-0.2, 0) is 28.8 Å². The van der Waals surface area contributed by atoms with E-state index in [0.717, 1.165) is 11.6 Å². The highest BCUT2D eigenvalue weighted by Crippen LogP contribution is 2.34. The number of furan rings is 1. The number of morpholine rings is 1. The van der Waals surface area contributed by atoms with Gasteiger partial charge in [0.15, 0.2) is 0 Å². The first-order chi connectivity index (χ1) is 18.8. The predicted octanol–water partition coefficient (Wildman–Crippen LogP) is 4.69. The molecular formula is C28H31F3N4O4. The van der Waals surface area contributed by atoms with Crippen LogP contribution in [0.3, 0.4) is 0 Å². The largest absolute Gasteiger partial charge is 0.467 e. The molecule has 11 heteroatoms. The molecule has 2 heterocycles. The molecule has 0 aliphatic carbocycles. The van der Waals surface area contributed by atoms with Crippen molar-refractivity contribution in [1.29, 1.82) is 0 Å². The van der Waals surface area contributed by atoms with Gasteiger partial charge in [-0.05, 0) is 29.8 Å². The van der Waals surface area contributed by atoms with E-state index in [1.807, 2.05) is 30.3 Å². The van der Waals surface area contributed by atoms with Crippen molar-refractivity contribution in [1.82, 2.24) is 14.7 Å². The highest BCUT2D eigenvalue weighted by Gasteiger charge is 2.34. The average molecular weight is 545 g/mol. The first-order valence-corrected chi connectivity index (χ1v) is 12.7. The van der Waals surface area contributed by atoms with Crippen LogP contribution in [0.25, 0.3) is 0 Å². The van der Waals surface area contributed by atoms with Gasteiger partial charge in [0.05, 0.1) is 37.3 Å². The molecule has 1 N–H and O–H groups in total. The lowest BCUT2D eigenvalue weighted by molar-refractivity contribution is -0.137. The van der Waals surface area contributed by atoms with E-state index in [-0.39, 0.29) is 37.8 Å². The molecule has 1 saturated heterocycles. The number of hydrogen-bond donors (Lipinski definition) is 1. The fourth-order valence-corrected chi connectivity index (χ4v) is 4.26. The van der Waals surface area contributed by atoms with E-state index in [1.165, 1.54) is 29.4 Å². The van der Waals surface area contributed by atoms with Gasteiger partial charge in [0.2, 0.25) is 5.91 Å². The lowest BCUT2D eigenvalue weighted by Gasteiger charge is -2.31. The Morgan fingerprint density at radius 2 is 1.62 bits per heavy atom. The fourth-order valence-electron chi connectivity index (χ4n) is 4.26. The van der Waals surface area contributed by atoms with E-state index in [9.17, 15) is 22.8 Å². The van der Waals surface area contributed by atoms with Gasteiger partial charge < -0.3 is 24.3 Å². The number of nitrogens with zero attached hydrogens (tertiary/aromatic N) is 3. The van der Waals surface area contributed by atoms with E-state index in [1.54, 1.807) is 17.0 Å². The van der Waals surface area contributed by atoms with Gasteiger partial charge in [-0.25, -0.2) is 4.79 Å². The molecule has 3 aromatic rings. The number of ether oxygens (including phenoxy) is 1. The van der Waals surface area contributed by atoms with Gasteiger partial charge >= 0.3 is 12.2 Å². The third-order valence-electron chi connectivity index (χ3n) is 6.37. The Kier molecular flexibility index (Phi) is 9.61. The minimum absolute atomic E-state index is 0.145. The molecule has 1 aliphatic rings. The van der Waals surface area contributed by atoms with Crippen molar-refractivity contribution in [3.05, 3.63) is 89.9 Å². The Hall–Kier alpha value is -3.83. The van der Waals surface area contributed by atoms with Crippen LogP contribution < -0.4 is 5.32 Å². The number of benzene rings is 2. The van der Waals surface area contributed by atoms with Crippen molar-refractivity contribution < 1.29 is 31.9 Å². The molecule has 208 valence electrons. The maximum atomic E-state index is 13.6. The highest BCUT2D eigenvalue weighted by atomic mass is 19.4. The van der Waals surface area contributed by atoms with Crippen LogP contribution >= 0.6 is 0 Å². The summed E-state index contributed by atoms with van der Waals surface area (Å²) in [7, 11) is 0. The Balaban J connectivity index is 1.53. The molecule has 8 nitrogen and oxygen atoms in total. The number of amides is 3. The zero-order valence-electron chi connectivity index (χ0n) is 21.4. The Morgan fingerprint density at radius 3 is 2.31 bits per heavy atom. The van der Waals surface area contributed by atoms with Gasteiger partial charge in [0.1, 0.15) is 12.3 Å². The van der Waals surface area contributed by atoms with Gasteiger partial charge in [0, 0.05) is 32.7 Å². The van der Waals surface area contributed by atoms with Crippen molar-refractivity contribution in [3.63, 3.8) is 0 Å². The van der Waals surface area contributed by atoms with Crippen LogP contribution in [0.5, 0.6) is 0 Å². The Labute approximate surface area is 224 Å². The second kappa shape index (κ2) is 13.3. The molecule has 0 radical (unpaired) electrons. The second-order valence-corrected chi connectivity index (χ2v) is 9.16. The molecule has 0 spiro atoms. The normalized spacial score (nSPS) is 14.1.